The Balaban J connectivity index is 1.23. The van der Waals surface area contributed by atoms with Crippen LogP contribution in [0.5, 0.6) is 0 Å². The van der Waals surface area contributed by atoms with E-state index in [2.05, 4.69) is 36.2 Å². The third kappa shape index (κ3) is 4.27. The topological polar surface area (TPSA) is 95.6 Å². The Kier molecular flexibility index (Phi) is 5.58. The summed E-state index contributed by atoms with van der Waals surface area (Å²) in [6.45, 7) is 2.47. The molecule has 0 saturated heterocycles. The third-order valence-corrected chi connectivity index (χ3v) is 7.65. The molecule has 3 aromatic rings. The molecule has 31 heavy (non-hydrogen) atoms. The van der Waals surface area contributed by atoms with Crippen LogP contribution in [0.3, 0.4) is 0 Å². The second kappa shape index (κ2) is 8.51. The van der Waals surface area contributed by atoms with E-state index in [-0.39, 0.29) is 11.4 Å². The van der Waals surface area contributed by atoms with Gasteiger partial charge in [-0.15, -0.1) is 23.4 Å². The quantitative estimate of drug-likeness (QED) is 0.489. The molecule has 7 nitrogen and oxygen atoms in total. The standard InChI is InChI=1S/C22H23ClN6OS/c1-12-6-13(4-5-24-12)21-17-10-25-20(8-18(17)28-29-21)27-22(30)26-9-14-11-31-19-3-2-15(23)7-16(14)19/h4-6,8,10-11,15-16,19H,2-3,7,9H2,1H3,(H,28,29)(H2,25,26,27,30). The minimum atomic E-state index is -0.274. The highest BCUT2D eigenvalue weighted by Crippen LogP contribution is 2.45. The minimum Gasteiger partial charge on any atom is -0.334 e. The number of fused-ring (bicyclic) bond motifs is 2. The molecule has 0 radical (unpaired) electrons. The zero-order valence-corrected chi connectivity index (χ0v) is 18.6. The molecular formula is C22H23ClN6OS. The number of aryl methyl sites for hydroxylation is 1. The number of rotatable bonds is 4. The van der Waals surface area contributed by atoms with Gasteiger partial charge in [-0.25, -0.2) is 9.78 Å². The Morgan fingerprint density at radius 2 is 2.23 bits per heavy atom. The van der Waals surface area contributed by atoms with Crippen LogP contribution in [0.15, 0.2) is 41.6 Å². The van der Waals surface area contributed by atoms with Gasteiger partial charge in [0.25, 0.3) is 0 Å². The number of aromatic amines is 1. The first-order valence-electron chi connectivity index (χ1n) is 10.4. The molecule has 5 rings (SSSR count). The Morgan fingerprint density at radius 3 is 3.10 bits per heavy atom. The monoisotopic (exact) mass is 454 g/mol. The molecular weight excluding hydrogens is 432 g/mol. The number of thioether (sulfide) groups is 1. The molecule has 3 N–H and O–H groups in total. The summed E-state index contributed by atoms with van der Waals surface area (Å²) in [6.07, 6.45) is 6.70. The number of hydrogen-bond donors (Lipinski definition) is 3. The van der Waals surface area contributed by atoms with Crippen molar-refractivity contribution in [1.82, 2.24) is 25.5 Å². The average Bonchev–Trinajstić information content (AvgIpc) is 3.35. The molecule has 3 atom stereocenters. The summed E-state index contributed by atoms with van der Waals surface area (Å²) in [5.74, 6) is 0.938. The van der Waals surface area contributed by atoms with Crippen molar-refractivity contribution in [2.24, 2.45) is 5.92 Å². The van der Waals surface area contributed by atoms with Crippen molar-refractivity contribution in [3.63, 3.8) is 0 Å². The number of alkyl halides is 1. The second-order valence-corrected chi connectivity index (χ2v) is 9.80. The number of nitrogens with zero attached hydrogens (tertiary/aromatic N) is 3. The van der Waals surface area contributed by atoms with Gasteiger partial charge in [0.1, 0.15) is 11.5 Å². The van der Waals surface area contributed by atoms with Crippen molar-refractivity contribution in [2.75, 3.05) is 11.9 Å². The number of hydrogen-bond acceptors (Lipinski definition) is 5. The predicted octanol–water partition coefficient (Wildman–Crippen LogP) is 4.86. The lowest BCUT2D eigenvalue weighted by Crippen LogP contribution is -2.34. The van der Waals surface area contributed by atoms with Crippen molar-refractivity contribution in [2.45, 2.75) is 36.8 Å². The summed E-state index contributed by atoms with van der Waals surface area (Å²) in [4.78, 5) is 21.1. The average molecular weight is 455 g/mol. The van der Waals surface area contributed by atoms with Crippen LogP contribution in [0.1, 0.15) is 25.0 Å². The number of carbonyl (C=O) groups is 1. The summed E-state index contributed by atoms with van der Waals surface area (Å²) < 4.78 is 0. The SMILES string of the molecule is Cc1cc(-c2n[nH]c3cc(NC(=O)NCC4=CSC5CCC(Cl)CC45)ncc23)ccn1. The molecule has 1 aliphatic carbocycles. The number of halogens is 1. The molecule has 1 saturated carbocycles. The first-order valence-corrected chi connectivity index (χ1v) is 11.7. The van der Waals surface area contributed by atoms with Gasteiger partial charge in [-0.2, -0.15) is 5.10 Å². The molecule has 160 valence electrons. The van der Waals surface area contributed by atoms with Gasteiger partial charge in [-0.1, -0.05) is 0 Å². The molecule has 1 fully saturated rings. The maximum absolute atomic E-state index is 12.4. The maximum atomic E-state index is 12.4. The molecule has 0 spiro atoms. The lowest BCUT2D eigenvalue weighted by molar-refractivity contribution is 0.252. The number of nitrogens with one attached hydrogen (secondary N) is 3. The highest BCUT2D eigenvalue weighted by molar-refractivity contribution is 8.03. The molecule has 0 bridgehead atoms. The van der Waals surface area contributed by atoms with E-state index in [9.17, 15) is 4.79 Å². The lowest BCUT2D eigenvalue weighted by atomic mass is 9.84. The molecule has 9 heteroatoms. The second-order valence-electron chi connectivity index (χ2n) is 8.07. The predicted molar refractivity (Wildman–Crippen MR) is 125 cm³/mol. The van der Waals surface area contributed by atoms with E-state index in [1.165, 1.54) is 5.57 Å². The summed E-state index contributed by atoms with van der Waals surface area (Å²) in [7, 11) is 0. The van der Waals surface area contributed by atoms with Gasteiger partial charge < -0.3 is 5.32 Å². The number of aromatic nitrogens is 4. The molecule has 3 aromatic heterocycles. The van der Waals surface area contributed by atoms with Gasteiger partial charge in [0.2, 0.25) is 0 Å². The van der Waals surface area contributed by atoms with Crippen LogP contribution in [0.4, 0.5) is 10.6 Å². The molecule has 0 aromatic carbocycles. The fourth-order valence-corrected chi connectivity index (χ4v) is 5.99. The van der Waals surface area contributed by atoms with Gasteiger partial charge in [-0.3, -0.25) is 15.4 Å². The number of pyridine rings is 2. The van der Waals surface area contributed by atoms with Gasteiger partial charge in [0, 0.05) is 52.3 Å². The summed E-state index contributed by atoms with van der Waals surface area (Å²) in [5, 5.41) is 17.2. The number of urea groups is 1. The van der Waals surface area contributed by atoms with E-state index in [0.717, 1.165) is 47.1 Å². The van der Waals surface area contributed by atoms with E-state index < -0.39 is 0 Å². The molecule has 4 heterocycles. The van der Waals surface area contributed by atoms with Crippen LogP contribution in [-0.4, -0.2) is 43.4 Å². The third-order valence-electron chi connectivity index (χ3n) is 5.91. The van der Waals surface area contributed by atoms with E-state index in [4.69, 9.17) is 11.6 Å². The van der Waals surface area contributed by atoms with Crippen LogP contribution >= 0.6 is 23.4 Å². The van der Waals surface area contributed by atoms with Crippen molar-refractivity contribution in [3.05, 3.63) is 47.3 Å². The highest BCUT2D eigenvalue weighted by atomic mass is 35.5. The zero-order valence-electron chi connectivity index (χ0n) is 17.1. The summed E-state index contributed by atoms with van der Waals surface area (Å²) in [6, 6.07) is 5.42. The van der Waals surface area contributed by atoms with Gasteiger partial charge in [0.05, 0.1) is 5.52 Å². The Labute approximate surface area is 189 Å². The van der Waals surface area contributed by atoms with Crippen molar-refractivity contribution < 1.29 is 4.79 Å². The first-order chi connectivity index (χ1) is 15.1. The fraction of sp³-hybridized carbons (Fsp3) is 0.364. The highest BCUT2D eigenvalue weighted by Gasteiger charge is 2.35. The zero-order chi connectivity index (χ0) is 21.4. The first kappa shape index (κ1) is 20.3. The molecule has 3 unspecified atom stereocenters. The Hall–Kier alpha value is -2.58. The summed E-state index contributed by atoms with van der Waals surface area (Å²) in [5.41, 5.74) is 4.79. The van der Waals surface area contributed by atoms with Crippen LogP contribution in [-0.2, 0) is 0 Å². The maximum Gasteiger partial charge on any atom is 0.320 e. The number of carbonyl (C=O) groups excluding carboxylic acids is 1. The van der Waals surface area contributed by atoms with Crippen LogP contribution in [0.25, 0.3) is 22.2 Å². The largest absolute Gasteiger partial charge is 0.334 e. The van der Waals surface area contributed by atoms with E-state index >= 15 is 0 Å². The van der Waals surface area contributed by atoms with Crippen molar-refractivity contribution in [1.29, 1.82) is 0 Å². The minimum absolute atomic E-state index is 0.239. The molecule has 1 aliphatic heterocycles. The molecule has 2 aliphatic rings. The van der Waals surface area contributed by atoms with Gasteiger partial charge >= 0.3 is 6.03 Å². The summed E-state index contributed by atoms with van der Waals surface area (Å²) >= 11 is 8.23. The smallest absolute Gasteiger partial charge is 0.320 e. The lowest BCUT2D eigenvalue weighted by Gasteiger charge is -2.30. The van der Waals surface area contributed by atoms with Crippen LogP contribution in [0, 0.1) is 12.8 Å². The normalized spacial score (nSPS) is 22.8. The van der Waals surface area contributed by atoms with E-state index in [1.807, 2.05) is 30.8 Å². The van der Waals surface area contributed by atoms with E-state index in [1.54, 1.807) is 18.5 Å². The van der Waals surface area contributed by atoms with Crippen molar-refractivity contribution >= 4 is 46.1 Å². The van der Waals surface area contributed by atoms with Gasteiger partial charge in [0.15, 0.2) is 0 Å². The Bertz CT molecular complexity index is 1160. The Morgan fingerprint density at radius 1 is 1.32 bits per heavy atom. The molecule has 2 amide bonds. The van der Waals surface area contributed by atoms with E-state index in [0.29, 0.717) is 23.5 Å². The van der Waals surface area contributed by atoms with Crippen molar-refractivity contribution in [3.8, 4) is 11.3 Å². The van der Waals surface area contributed by atoms with Gasteiger partial charge in [-0.05, 0) is 55.2 Å². The number of anilines is 1. The van der Waals surface area contributed by atoms with Crippen LogP contribution < -0.4 is 10.6 Å². The number of H-pyrrole nitrogens is 1. The number of amides is 2. The fourth-order valence-electron chi connectivity index (χ4n) is 4.32. The van der Waals surface area contributed by atoms with Crippen LogP contribution in [0.2, 0.25) is 0 Å².